The molecule has 2 aliphatic heterocycles. The number of nitrogen functional groups attached to an aromatic ring is 2. The number of imidazole rings is 2. The molecule has 109 heavy (non-hydrogen) atoms. The van der Waals surface area contributed by atoms with E-state index in [-0.39, 0.29) is 73.2 Å². The number of rotatable bonds is 62. The summed E-state index contributed by atoms with van der Waals surface area (Å²) in [6.45, 7) is 11.6. The number of hydrogen-bond acceptors (Lipinski definition) is 47. The summed E-state index contributed by atoms with van der Waals surface area (Å²) < 4.78 is 181. The van der Waals surface area contributed by atoms with Crippen molar-refractivity contribution in [2.45, 2.75) is 49.7 Å². The van der Waals surface area contributed by atoms with E-state index in [2.05, 4.69) is 56.2 Å². The van der Waals surface area contributed by atoms with E-state index in [9.17, 15) is 67.0 Å². The number of phosphoric acid groups is 5. The third-order valence-corrected chi connectivity index (χ3v) is 21.2. The Balaban J connectivity index is 0.000000383. The average Bonchev–Trinajstić information content (AvgIpc) is 1.64. The molecule has 6 rings (SSSR count). The Kier molecular flexibility index (Phi) is 49.0. The second-order valence-electron chi connectivity index (χ2n) is 21.6. The number of nitrogens with zero attached hydrogens (tertiary/aromatic N) is 8. The molecule has 0 aliphatic carbocycles. The highest BCUT2D eigenvalue weighted by Gasteiger charge is 2.39. The van der Waals surface area contributed by atoms with Gasteiger partial charge in [-0.05, 0) is 0 Å². The predicted molar refractivity (Wildman–Crippen MR) is 359 cm³/mol. The molecule has 6 heterocycles. The molecule has 12 atom stereocenters. The largest absolute Gasteiger partial charge is 0.766 e. The number of anilines is 2. The van der Waals surface area contributed by atoms with Crippen LogP contribution in [0.5, 0.6) is 0 Å². The summed E-state index contributed by atoms with van der Waals surface area (Å²) in [5, 5.41) is 22.2. The summed E-state index contributed by atoms with van der Waals surface area (Å²) in [6, 6.07) is 0. The van der Waals surface area contributed by atoms with E-state index in [4.69, 9.17) is 109 Å². The van der Waals surface area contributed by atoms with Gasteiger partial charge in [0, 0.05) is 39.0 Å². The first-order valence-corrected chi connectivity index (χ1v) is 42.1. The number of nitrogens with one attached hydrogen (secondary N) is 1. The quantitative estimate of drug-likeness (QED) is 0.0147. The predicted octanol–water partition coefficient (Wildman–Crippen LogP) is -6.30. The summed E-state index contributed by atoms with van der Waals surface area (Å²) in [5.74, 6) is 0.213. The van der Waals surface area contributed by atoms with Gasteiger partial charge >= 0.3 is 0 Å². The molecule has 51 nitrogen and oxygen atoms in total. The molecule has 632 valence electrons. The van der Waals surface area contributed by atoms with Crippen molar-refractivity contribution in [3.63, 3.8) is 0 Å². The van der Waals surface area contributed by atoms with Crippen molar-refractivity contribution in [2.24, 2.45) is 17.2 Å². The Hall–Kier alpha value is -3.32. The lowest BCUT2D eigenvalue weighted by Gasteiger charge is -2.35. The number of nitrogens with two attached hydrogens (primary N) is 5. The number of aliphatic hydroxyl groups excluding tert-OH is 2. The van der Waals surface area contributed by atoms with Crippen molar-refractivity contribution < 1.29 is 174 Å². The fraction of sp³-hybridized carbons (Fsp3) is 0.808. The number of phosphoric ester groups is 2. The first-order valence-electron chi connectivity index (χ1n) is 33.2. The molecule has 0 spiro atoms. The number of aliphatic hydroxyl groups is 2. The molecule has 0 aromatic carbocycles. The Morgan fingerprint density at radius 2 is 0.679 bits per heavy atom. The van der Waals surface area contributed by atoms with Gasteiger partial charge in [0.15, 0.2) is 22.9 Å². The van der Waals surface area contributed by atoms with Gasteiger partial charge in [-0.1, -0.05) is 0 Å². The third-order valence-electron chi connectivity index (χ3n) is 13.2. The number of hydrogen-bond donors (Lipinski definition) is 9. The van der Waals surface area contributed by atoms with Crippen molar-refractivity contribution in [3.8, 4) is 0 Å². The van der Waals surface area contributed by atoms with Crippen LogP contribution in [-0.2, 0) is 129 Å². The van der Waals surface area contributed by atoms with Crippen LogP contribution in [0.4, 0.5) is 11.6 Å². The van der Waals surface area contributed by atoms with Crippen molar-refractivity contribution >= 4 is 80.8 Å². The summed E-state index contributed by atoms with van der Waals surface area (Å²) in [4.78, 5) is 101. The first-order chi connectivity index (χ1) is 52.0. The molecule has 0 amide bonds. The van der Waals surface area contributed by atoms with E-state index in [0.29, 0.717) is 178 Å². The van der Waals surface area contributed by atoms with E-state index >= 15 is 0 Å². The number of aromatic nitrogens is 8. The van der Waals surface area contributed by atoms with Crippen LogP contribution in [0.25, 0.3) is 22.3 Å². The van der Waals surface area contributed by atoms with Crippen LogP contribution < -0.4 is 63.1 Å². The van der Waals surface area contributed by atoms with E-state index in [0.717, 1.165) is 0 Å². The second kappa shape index (κ2) is 54.5. The average molecular weight is 1700 g/mol. The smallest absolute Gasteiger partial charge is 0.280 e. The number of ether oxygens (including phenoxy) is 16. The van der Waals surface area contributed by atoms with Crippen LogP contribution in [0.1, 0.15) is 25.3 Å². The maximum atomic E-state index is 12.2. The van der Waals surface area contributed by atoms with Crippen molar-refractivity contribution in [2.75, 3.05) is 236 Å². The Bertz CT molecular complexity index is 3380. The van der Waals surface area contributed by atoms with E-state index in [1.54, 1.807) is 5.09 Å². The molecule has 2 saturated heterocycles. The van der Waals surface area contributed by atoms with Crippen molar-refractivity contribution in [3.05, 3.63) is 25.3 Å². The molecule has 0 bridgehead atoms. The zero-order chi connectivity index (χ0) is 79.9. The highest BCUT2D eigenvalue weighted by molar-refractivity contribution is 7.66. The van der Waals surface area contributed by atoms with Crippen molar-refractivity contribution in [1.29, 1.82) is 0 Å². The molecule has 2 fully saturated rings. The SMILES string of the molecule is NCCOCCOCCOCCOCCOCCOCCOCCN.NCCOCCOCCOCCOCCOCCOCCOCCNP(=O)([O-])OP(=O)([O-])OP(=O)([O-])OC[C@H]1O[C@@H](n2cnc3c(N)ncnc32)CC1O.Nc1ncnc2c1ncn2[C@H]1CC(O)[C@@H](COP(=O)([O-])OP(=O)([O-])OP(=O)([O-])O)O1. The van der Waals surface area contributed by atoms with Gasteiger partial charge in [-0.15, -0.1) is 0 Å². The van der Waals surface area contributed by atoms with Gasteiger partial charge in [0.05, 0.1) is 223 Å². The first kappa shape index (κ1) is 98.0. The Morgan fingerprint density at radius 3 is 0.963 bits per heavy atom. The molecule has 4 aromatic rings. The minimum absolute atomic E-state index is 0.0412. The Labute approximate surface area is 624 Å². The van der Waals surface area contributed by atoms with Gasteiger partial charge in [0.2, 0.25) is 7.75 Å². The normalized spacial score (nSPS) is 20.7. The van der Waals surface area contributed by atoms with Crippen LogP contribution >= 0.6 is 46.9 Å². The van der Waals surface area contributed by atoms with Crippen LogP contribution in [0, 0.1) is 0 Å². The summed E-state index contributed by atoms with van der Waals surface area (Å²) in [7, 11) is -34.6. The lowest BCUT2D eigenvalue weighted by molar-refractivity contribution is -0.252. The summed E-state index contributed by atoms with van der Waals surface area (Å²) in [5.41, 5.74) is 28.5. The van der Waals surface area contributed by atoms with Gasteiger partial charge in [-0.3, -0.25) is 45.9 Å². The lowest BCUT2D eigenvalue weighted by Crippen LogP contribution is -2.28. The van der Waals surface area contributed by atoms with E-state index in [1.165, 1.54) is 34.4 Å². The zero-order valence-corrected chi connectivity index (χ0v) is 64.5. The standard InChI is InChI=1S/C26H50N7O18P3.C16H36N2O7.C10H16N5O12P3/c27-1-3-41-5-7-43-9-11-45-13-15-47-16-14-46-12-10-44-8-6-42-4-2-32-52(35,36)50-54(39,40)51-53(37,38)48-18-22-21(34)17-23(49-22)33-20-31-24-25(28)29-19-30-26(24)33;17-1-3-19-5-7-21-9-11-23-13-15-25-16-14-24-12-10-22-8-6-20-4-2-18;11-9-8-10(13-3-12-9)15(4-14-8)7-1-5(16)6(25-7)2-24-29(20,21)27-30(22,23)26-28(17,18)19/h19-23,34H,1-18,27H2,(H,37,38)(H,39,40)(H2,28,29,30)(H2,32,35,36);1-18H2;3-7,16H,1-2H2,(H,20,21)(H,22,23)(H2,11,12,13)(H2,17,18,19)/p-6/t21?,22-,23-;;5?,6-,7-/m1.1/s1. The molecule has 0 saturated carbocycles. The summed E-state index contributed by atoms with van der Waals surface area (Å²) in [6.07, 6.45) is -1.82. The van der Waals surface area contributed by atoms with E-state index < -0.39 is 103 Å². The van der Waals surface area contributed by atoms with Gasteiger partial charge in [0.25, 0.3) is 39.1 Å². The van der Waals surface area contributed by atoms with Crippen molar-refractivity contribution in [1.82, 2.24) is 44.1 Å². The van der Waals surface area contributed by atoms with Gasteiger partial charge in [0.1, 0.15) is 48.4 Å². The second-order valence-corrected chi connectivity index (χ2v) is 30.5. The number of fused-ring (bicyclic) bond motifs is 2. The highest BCUT2D eigenvalue weighted by atomic mass is 31.3. The monoisotopic (exact) mass is 1690 g/mol. The van der Waals surface area contributed by atoms with Crippen LogP contribution in [0.15, 0.2) is 25.3 Å². The molecule has 57 heteroatoms. The van der Waals surface area contributed by atoms with Crippen LogP contribution in [-0.4, -0.2) is 303 Å². The molecule has 2 aliphatic rings. The molecule has 0 radical (unpaired) electrons. The Morgan fingerprint density at radius 1 is 0.404 bits per heavy atom. The van der Waals surface area contributed by atoms with E-state index in [1.807, 2.05) is 0 Å². The van der Waals surface area contributed by atoms with Gasteiger partial charge in [-0.2, -0.15) is 0 Å². The maximum Gasteiger partial charge on any atom is 0.280 e. The molecular weight excluding hydrogens is 1600 g/mol. The fourth-order valence-corrected chi connectivity index (χ4v) is 15.0. The molecule has 8 unspecified atom stereocenters. The van der Waals surface area contributed by atoms with Crippen LogP contribution in [0.2, 0.25) is 0 Å². The van der Waals surface area contributed by atoms with Gasteiger partial charge in [-0.25, -0.2) is 42.8 Å². The maximum absolute atomic E-state index is 12.2. The van der Waals surface area contributed by atoms with Crippen LogP contribution in [0.3, 0.4) is 0 Å². The van der Waals surface area contributed by atoms with Gasteiger partial charge < -0.3 is 158 Å². The fourth-order valence-electron chi connectivity index (χ4n) is 8.52. The topological polar surface area (TPSA) is 734 Å². The highest BCUT2D eigenvalue weighted by Crippen LogP contribution is 2.63. The molecule has 14 N–H and O–H groups in total. The zero-order valence-electron chi connectivity index (χ0n) is 59.1. The molecule has 4 aromatic heterocycles. The third kappa shape index (κ3) is 43.8. The molecular formula is C52H96N14O37P6-6. The lowest BCUT2D eigenvalue weighted by atomic mass is 10.2. The minimum Gasteiger partial charge on any atom is -0.766 e. The minimum atomic E-state index is -6.02. The summed E-state index contributed by atoms with van der Waals surface area (Å²) >= 11 is 0.